The number of fused-ring (bicyclic) bond motifs is 1. The van der Waals surface area contributed by atoms with E-state index in [1.165, 1.54) is 0 Å². The molecule has 0 atom stereocenters. The van der Waals surface area contributed by atoms with Crippen molar-refractivity contribution < 1.29 is 132 Å². The Morgan fingerprint density at radius 1 is 0.607 bits per heavy atom. The fourth-order valence-electron chi connectivity index (χ4n) is 5.67. The molecule has 0 fully saturated rings. The molecule has 6 rings (SSSR count). The number of rotatable bonds is 10. The van der Waals surface area contributed by atoms with Crippen molar-refractivity contribution in [3.63, 3.8) is 0 Å². The van der Waals surface area contributed by atoms with Crippen molar-refractivity contribution in [1.29, 1.82) is 0 Å². The molecule has 7 N–H and O–H groups in total. The predicted molar refractivity (Wildman–Crippen MR) is 211 cm³/mol. The zero-order chi connectivity index (χ0) is 42.3. The minimum atomic E-state index is -5.48. The van der Waals surface area contributed by atoms with E-state index in [-0.39, 0.29) is 100 Å². The van der Waals surface area contributed by atoms with Crippen LogP contribution in [0.3, 0.4) is 0 Å². The molecule has 0 heterocycles. The van der Waals surface area contributed by atoms with Crippen LogP contribution in [-0.2, 0) is 30.4 Å². The average molecular weight is 912 g/mol. The van der Waals surface area contributed by atoms with E-state index in [1.807, 2.05) is 19.1 Å². The molecule has 0 saturated carbocycles. The third-order valence-corrected chi connectivity index (χ3v) is 11.1. The second-order valence-electron chi connectivity index (χ2n) is 12.6. The van der Waals surface area contributed by atoms with Gasteiger partial charge in [-0.2, -0.15) is 15.3 Å². The standard InChI is InChI=1S/C36H31N9O10S3.3Na/c1-18-13-20(3-10-27(18)41-43-29-12-5-23(37)17-26(29)38)21-4-11-28(19(2)14-21)42-44-34-30(57(50,51)52)15-22-16-31(58(53,54)55)35(36(46)32(22)33(34)39)45-40-24-6-8-25(9-7-24)56(47,48)49;;;/h3-17,40H,37-39H2,1-2H3,(H,47,48,49)(H,50,51,52)(H,53,54,55);;;/q;3*+1/p-3/b43-41?,44-42?,45-35-;;;. The van der Waals surface area contributed by atoms with Crippen molar-refractivity contribution >= 4 is 93.4 Å². The Morgan fingerprint density at radius 2 is 1.13 bits per heavy atom. The van der Waals surface area contributed by atoms with Gasteiger partial charge in [0, 0.05) is 5.69 Å². The second kappa shape index (κ2) is 20.2. The molecule has 0 aromatic heterocycles. The number of hydrogen-bond acceptors (Lipinski definition) is 19. The van der Waals surface area contributed by atoms with Crippen molar-refractivity contribution in [2.45, 2.75) is 23.6 Å². The van der Waals surface area contributed by atoms with E-state index in [2.05, 4.69) is 31.0 Å². The topological polar surface area (TPSA) is 341 Å². The minimum Gasteiger partial charge on any atom is -0.744 e. The van der Waals surface area contributed by atoms with Gasteiger partial charge in [0.1, 0.15) is 47.4 Å². The number of azo groups is 2. The summed E-state index contributed by atoms with van der Waals surface area (Å²) in [4.78, 5) is 10.9. The number of nitrogens with two attached hydrogens (primary N) is 3. The molecule has 61 heavy (non-hydrogen) atoms. The summed E-state index contributed by atoms with van der Waals surface area (Å²) >= 11 is 0. The number of allylic oxidation sites excluding steroid dienone is 1. The Morgan fingerprint density at radius 3 is 1.62 bits per heavy atom. The summed E-state index contributed by atoms with van der Waals surface area (Å²) < 4.78 is 108. The number of ketones is 1. The Hall–Kier alpha value is -3.69. The van der Waals surface area contributed by atoms with Crippen LogP contribution in [0.2, 0.25) is 0 Å². The molecule has 298 valence electrons. The van der Waals surface area contributed by atoms with Crippen molar-refractivity contribution in [3.05, 3.63) is 112 Å². The largest absolute Gasteiger partial charge is 1.00 e. The first-order valence-electron chi connectivity index (χ1n) is 16.4. The summed E-state index contributed by atoms with van der Waals surface area (Å²) in [5.41, 5.74) is 21.8. The monoisotopic (exact) mass is 911 g/mol. The van der Waals surface area contributed by atoms with Gasteiger partial charge in [0.2, 0.25) is 5.78 Å². The van der Waals surface area contributed by atoms with Gasteiger partial charge >= 0.3 is 88.7 Å². The first kappa shape index (κ1) is 51.7. The van der Waals surface area contributed by atoms with Crippen LogP contribution in [0.1, 0.15) is 27.0 Å². The molecule has 0 amide bonds. The first-order valence-corrected chi connectivity index (χ1v) is 20.6. The zero-order valence-corrected chi connectivity index (χ0v) is 41.4. The fourth-order valence-corrected chi connectivity index (χ4v) is 7.45. The smallest absolute Gasteiger partial charge is 0.744 e. The van der Waals surface area contributed by atoms with Crippen molar-refractivity contribution in [2.75, 3.05) is 22.6 Å². The van der Waals surface area contributed by atoms with E-state index >= 15 is 0 Å². The Labute approximate surface area is 416 Å². The number of nitrogen functional groups attached to an aromatic ring is 3. The van der Waals surface area contributed by atoms with E-state index in [1.54, 1.807) is 49.4 Å². The maximum Gasteiger partial charge on any atom is 1.00 e. The summed E-state index contributed by atoms with van der Waals surface area (Å²) in [6, 6.07) is 20.0. The maximum absolute atomic E-state index is 13.8. The van der Waals surface area contributed by atoms with E-state index in [0.29, 0.717) is 40.5 Å². The molecule has 0 spiro atoms. The Bertz CT molecular complexity index is 3040. The van der Waals surface area contributed by atoms with Gasteiger partial charge in [-0.3, -0.25) is 10.2 Å². The number of benzene rings is 5. The summed E-state index contributed by atoms with van der Waals surface area (Å²) in [5.74, 6) is -1.28. The van der Waals surface area contributed by atoms with E-state index in [9.17, 15) is 43.7 Å². The number of carbonyl (C=O) groups is 1. The van der Waals surface area contributed by atoms with Gasteiger partial charge in [-0.1, -0.05) is 12.1 Å². The van der Waals surface area contributed by atoms with Gasteiger partial charge in [-0.15, -0.1) is 10.2 Å². The predicted octanol–water partition coefficient (Wildman–Crippen LogP) is -3.08. The molecular formula is C36H28N9Na3O10S3. The van der Waals surface area contributed by atoms with Gasteiger partial charge in [0.15, 0.2) is 0 Å². The SMILES string of the molecule is Cc1cc(-c2ccc(N=Nc3c(S(=O)(=O)[O-])cc4c(c3N)C(=O)/C(=N\Nc3ccc(S(=O)(=O)[O-])cc3)C(S(=O)(=O)[O-])=C4)c(C)c2)ccc1N=Nc1ccc(N)cc1N.[Na+].[Na+].[Na+]. The molecule has 1 aliphatic carbocycles. The maximum atomic E-state index is 13.8. The number of hydrazone groups is 1. The second-order valence-corrected chi connectivity index (χ2v) is 16.7. The molecule has 19 nitrogen and oxygen atoms in total. The van der Waals surface area contributed by atoms with E-state index < -0.39 is 79.0 Å². The van der Waals surface area contributed by atoms with Crippen LogP contribution < -0.4 is 111 Å². The average Bonchev–Trinajstić information content (AvgIpc) is 3.13. The van der Waals surface area contributed by atoms with Gasteiger partial charge < -0.3 is 30.9 Å². The molecule has 5 aromatic rings. The van der Waals surface area contributed by atoms with Gasteiger partial charge in [-0.05, 0) is 121 Å². The van der Waals surface area contributed by atoms with Crippen molar-refractivity contribution in [2.24, 2.45) is 25.6 Å². The molecule has 1 aliphatic rings. The summed E-state index contributed by atoms with van der Waals surface area (Å²) in [7, 11) is -15.7. The van der Waals surface area contributed by atoms with Crippen LogP contribution in [0, 0.1) is 13.8 Å². The number of nitrogens with zero attached hydrogens (tertiary/aromatic N) is 5. The third-order valence-electron chi connectivity index (χ3n) is 8.58. The number of aryl methyl sites for hydroxylation is 2. The van der Waals surface area contributed by atoms with Crippen LogP contribution in [0.4, 0.5) is 45.5 Å². The van der Waals surface area contributed by atoms with Crippen LogP contribution in [0.5, 0.6) is 0 Å². The summed E-state index contributed by atoms with van der Waals surface area (Å²) in [5, 5.41) is 20.3. The number of carbonyl (C=O) groups excluding carboxylic acids is 1. The zero-order valence-electron chi connectivity index (χ0n) is 32.9. The Kier molecular flexibility index (Phi) is 17.1. The molecule has 5 aromatic carbocycles. The molecule has 0 aliphatic heterocycles. The van der Waals surface area contributed by atoms with E-state index in [0.717, 1.165) is 41.0 Å². The number of hydrogen-bond donors (Lipinski definition) is 4. The molecular weight excluding hydrogens is 884 g/mol. The molecule has 0 saturated heterocycles. The van der Waals surface area contributed by atoms with Gasteiger partial charge in [-0.25, -0.2) is 25.3 Å². The van der Waals surface area contributed by atoms with Crippen LogP contribution in [-0.4, -0.2) is 50.4 Å². The minimum absolute atomic E-state index is 0. The van der Waals surface area contributed by atoms with Crippen LogP contribution >= 0.6 is 0 Å². The molecule has 25 heteroatoms. The van der Waals surface area contributed by atoms with Gasteiger partial charge in [0.25, 0.3) is 0 Å². The van der Waals surface area contributed by atoms with Crippen molar-refractivity contribution in [1.82, 2.24) is 0 Å². The molecule has 0 bridgehead atoms. The van der Waals surface area contributed by atoms with Crippen molar-refractivity contribution in [3.8, 4) is 11.1 Å². The molecule has 0 unspecified atom stereocenters. The quantitative estimate of drug-likeness (QED) is 0.0355. The van der Waals surface area contributed by atoms with E-state index in [4.69, 9.17) is 17.2 Å². The molecule has 0 radical (unpaired) electrons. The Balaban J connectivity index is 0.00000331. The van der Waals surface area contributed by atoms with Crippen LogP contribution in [0.15, 0.2) is 125 Å². The third kappa shape index (κ3) is 11.9. The number of Topliss-reactive ketones (excluding diaryl/α,β-unsaturated/α-hetero) is 1. The van der Waals surface area contributed by atoms with Crippen LogP contribution in [0.25, 0.3) is 17.2 Å². The summed E-state index contributed by atoms with van der Waals surface area (Å²) in [6.07, 6.45) is 0.619. The fraction of sp³-hybridized carbons (Fsp3) is 0.0556. The number of anilines is 4. The normalized spacial score (nSPS) is 13.6. The number of nitrogens with one attached hydrogen (secondary N) is 1. The summed E-state index contributed by atoms with van der Waals surface area (Å²) in [6.45, 7) is 3.54. The first-order chi connectivity index (χ1) is 27.1. The van der Waals surface area contributed by atoms with Gasteiger partial charge in [0.05, 0.1) is 48.7 Å².